The van der Waals surface area contributed by atoms with Crippen molar-refractivity contribution in [1.82, 2.24) is 14.8 Å². The van der Waals surface area contributed by atoms with Crippen molar-refractivity contribution in [3.8, 4) is 0 Å². The van der Waals surface area contributed by atoms with Crippen LogP contribution >= 0.6 is 11.6 Å². The van der Waals surface area contributed by atoms with Crippen LogP contribution in [-0.4, -0.2) is 52.8 Å². The van der Waals surface area contributed by atoms with Crippen LogP contribution in [-0.2, 0) is 16.1 Å². The molecule has 0 unspecified atom stereocenters. The summed E-state index contributed by atoms with van der Waals surface area (Å²) in [6.45, 7) is 7.46. The van der Waals surface area contributed by atoms with E-state index in [-0.39, 0.29) is 18.2 Å². The van der Waals surface area contributed by atoms with E-state index < -0.39 is 0 Å². The van der Waals surface area contributed by atoms with Crippen LogP contribution in [0.5, 0.6) is 0 Å². The molecule has 1 aromatic heterocycles. The summed E-state index contributed by atoms with van der Waals surface area (Å²) in [6.07, 6.45) is 1.65. The van der Waals surface area contributed by atoms with Crippen LogP contribution in [0.4, 0.5) is 5.69 Å². The lowest BCUT2D eigenvalue weighted by Crippen LogP contribution is -2.49. The molecule has 0 saturated carbocycles. The number of amides is 2. The molecule has 6 nitrogen and oxygen atoms in total. The molecule has 0 aliphatic carbocycles. The summed E-state index contributed by atoms with van der Waals surface area (Å²) in [7, 11) is 0. The zero-order valence-electron chi connectivity index (χ0n) is 16.2. The molecule has 2 heterocycles. The molecule has 3 rings (SSSR count). The van der Waals surface area contributed by atoms with Crippen molar-refractivity contribution in [2.75, 3.05) is 31.5 Å². The molecule has 2 aromatic rings. The van der Waals surface area contributed by atoms with Gasteiger partial charge in [0.15, 0.2) is 0 Å². The highest BCUT2D eigenvalue weighted by Gasteiger charge is 2.23. The second kappa shape index (κ2) is 9.17. The van der Waals surface area contributed by atoms with Crippen LogP contribution in [0.1, 0.15) is 23.2 Å². The number of rotatable bonds is 5. The van der Waals surface area contributed by atoms with Gasteiger partial charge in [0.05, 0.1) is 5.69 Å². The minimum Gasteiger partial charge on any atom is -0.340 e. The summed E-state index contributed by atoms with van der Waals surface area (Å²) in [5.41, 5.74) is 3.68. The number of nitrogens with one attached hydrogen (secondary N) is 1. The molecule has 1 saturated heterocycles. The van der Waals surface area contributed by atoms with Gasteiger partial charge in [-0.2, -0.15) is 0 Å². The van der Waals surface area contributed by atoms with E-state index in [1.54, 1.807) is 23.1 Å². The van der Waals surface area contributed by atoms with E-state index in [4.69, 9.17) is 11.6 Å². The SMILES string of the molecule is Cc1cccnc1CN1CCN(C(=O)CC(=O)Nc2cccc(Cl)c2C)CC1. The fourth-order valence-corrected chi connectivity index (χ4v) is 3.41. The zero-order chi connectivity index (χ0) is 20.1. The Bertz CT molecular complexity index is 863. The smallest absolute Gasteiger partial charge is 0.233 e. The van der Waals surface area contributed by atoms with Gasteiger partial charge in [-0.05, 0) is 43.2 Å². The Hall–Kier alpha value is -2.44. The number of aryl methyl sites for hydroxylation is 1. The second-order valence-electron chi connectivity index (χ2n) is 7.06. The van der Waals surface area contributed by atoms with E-state index in [1.165, 1.54) is 5.56 Å². The van der Waals surface area contributed by atoms with Gasteiger partial charge in [-0.1, -0.05) is 23.7 Å². The van der Waals surface area contributed by atoms with E-state index in [9.17, 15) is 9.59 Å². The first-order valence-electron chi connectivity index (χ1n) is 9.39. The molecule has 2 amide bonds. The molecule has 1 fully saturated rings. The fourth-order valence-electron chi connectivity index (χ4n) is 3.24. The molecular weight excluding hydrogens is 376 g/mol. The standard InChI is InChI=1S/C21H25ClN4O2/c1-15-5-4-8-23-19(15)14-25-9-11-26(12-10-25)21(28)13-20(27)24-18-7-3-6-17(22)16(18)2/h3-8H,9-14H2,1-2H3,(H,24,27). The lowest BCUT2D eigenvalue weighted by atomic mass is 10.2. The molecule has 1 aliphatic heterocycles. The predicted octanol–water partition coefficient (Wildman–Crippen LogP) is 3.02. The lowest BCUT2D eigenvalue weighted by Gasteiger charge is -2.34. The largest absolute Gasteiger partial charge is 0.340 e. The maximum Gasteiger partial charge on any atom is 0.233 e. The Morgan fingerprint density at radius 3 is 2.57 bits per heavy atom. The van der Waals surface area contributed by atoms with Crippen molar-refractivity contribution in [2.24, 2.45) is 0 Å². The Morgan fingerprint density at radius 2 is 1.86 bits per heavy atom. The van der Waals surface area contributed by atoms with E-state index in [1.807, 2.05) is 19.2 Å². The number of halogens is 1. The van der Waals surface area contributed by atoms with Gasteiger partial charge in [0.25, 0.3) is 0 Å². The van der Waals surface area contributed by atoms with Crippen LogP contribution in [0, 0.1) is 13.8 Å². The van der Waals surface area contributed by atoms with Crippen LogP contribution in [0.15, 0.2) is 36.5 Å². The molecule has 1 aromatic carbocycles. The molecular formula is C21H25ClN4O2. The minimum absolute atomic E-state index is 0.147. The quantitative estimate of drug-likeness (QED) is 0.783. The van der Waals surface area contributed by atoms with E-state index in [2.05, 4.69) is 28.2 Å². The van der Waals surface area contributed by atoms with Gasteiger partial charge in [-0.15, -0.1) is 0 Å². The molecule has 0 bridgehead atoms. The number of hydrogen-bond donors (Lipinski definition) is 1. The maximum absolute atomic E-state index is 12.5. The van der Waals surface area contributed by atoms with Gasteiger partial charge in [0.2, 0.25) is 11.8 Å². The van der Waals surface area contributed by atoms with Crippen molar-refractivity contribution in [3.63, 3.8) is 0 Å². The van der Waals surface area contributed by atoms with Crippen molar-refractivity contribution in [2.45, 2.75) is 26.8 Å². The second-order valence-corrected chi connectivity index (χ2v) is 7.47. The summed E-state index contributed by atoms with van der Waals surface area (Å²) in [5.74, 6) is -0.465. The number of pyridine rings is 1. The average Bonchev–Trinajstić information content (AvgIpc) is 2.68. The van der Waals surface area contributed by atoms with E-state index in [0.717, 1.165) is 30.9 Å². The minimum atomic E-state index is -0.318. The summed E-state index contributed by atoms with van der Waals surface area (Å²) in [6, 6.07) is 9.31. The molecule has 0 atom stereocenters. The van der Waals surface area contributed by atoms with Crippen LogP contribution in [0.25, 0.3) is 0 Å². The monoisotopic (exact) mass is 400 g/mol. The normalized spacial score (nSPS) is 14.8. The molecule has 148 valence electrons. The lowest BCUT2D eigenvalue weighted by molar-refractivity contribution is -0.136. The summed E-state index contributed by atoms with van der Waals surface area (Å²) >= 11 is 6.07. The number of anilines is 1. The van der Waals surface area contributed by atoms with Crippen LogP contribution < -0.4 is 5.32 Å². The first kappa shape index (κ1) is 20.3. The highest BCUT2D eigenvalue weighted by atomic mass is 35.5. The Labute approximate surface area is 170 Å². The Kier molecular flexibility index (Phi) is 6.65. The molecule has 1 aliphatic rings. The fraction of sp³-hybridized carbons (Fsp3) is 0.381. The third kappa shape index (κ3) is 5.09. The van der Waals surface area contributed by atoms with E-state index >= 15 is 0 Å². The number of nitrogens with zero attached hydrogens (tertiary/aromatic N) is 3. The number of benzene rings is 1. The highest BCUT2D eigenvalue weighted by Crippen LogP contribution is 2.23. The maximum atomic E-state index is 12.5. The summed E-state index contributed by atoms with van der Waals surface area (Å²) in [5, 5.41) is 3.37. The Balaban J connectivity index is 1.48. The third-order valence-corrected chi connectivity index (χ3v) is 5.48. The number of carbonyl (C=O) groups is 2. The molecule has 28 heavy (non-hydrogen) atoms. The molecule has 0 radical (unpaired) electrons. The topological polar surface area (TPSA) is 65.5 Å². The zero-order valence-corrected chi connectivity index (χ0v) is 17.0. The van der Waals surface area contributed by atoms with Gasteiger partial charge in [0.1, 0.15) is 6.42 Å². The first-order chi connectivity index (χ1) is 13.4. The number of hydrogen-bond acceptors (Lipinski definition) is 4. The molecule has 1 N–H and O–H groups in total. The molecule has 7 heteroatoms. The first-order valence-corrected chi connectivity index (χ1v) is 9.77. The van der Waals surface area contributed by atoms with Gasteiger partial charge in [-0.25, -0.2) is 0 Å². The number of aromatic nitrogens is 1. The number of carbonyl (C=O) groups excluding carboxylic acids is 2. The van der Waals surface area contributed by atoms with Gasteiger partial charge in [-0.3, -0.25) is 19.5 Å². The van der Waals surface area contributed by atoms with Crippen molar-refractivity contribution >= 4 is 29.1 Å². The van der Waals surface area contributed by atoms with Crippen molar-refractivity contribution in [3.05, 3.63) is 58.4 Å². The van der Waals surface area contributed by atoms with Crippen molar-refractivity contribution < 1.29 is 9.59 Å². The van der Waals surface area contributed by atoms with Gasteiger partial charge >= 0.3 is 0 Å². The van der Waals surface area contributed by atoms with Gasteiger partial charge in [0, 0.05) is 49.6 Å². The van der Waals surface area contributed by atoms with Crippen LogP contribution in [0.2, 0.25) is 5.02 Å². The summed E-state index contributed by atoms with van der Waals surface area (Å²) < 4.78 is 0. The molecule has 0 spiro atoms. The Morgan fingerprint density at radius 1 is 1.11 bits per heavy atom. The van der Waals surface area contributed by atoms with Gasteiger partial charge < -0.3 is 10.2 Å². The number of piperazine rings is 1. The third-order valence-electron chi connectivity index (χ3n) is 5.07. The predicted molar refractivity (Wildman–Crippen MR) is 110 cm³/mol. The van der Waals surface area contributed by atoms with Crippen molar-refractivity contribution in [1.29, 1.82) is 0 Å². The highest BCUT2D eigenvalue weighted by molar-refractivity contribution is 6.31. The van der Waals surface area contributed by atoms with E-state index in [0.29, 0.717) is 23.8 Å². The summed E-state index contributed by atoms with van der Waals surface area (Å²) in [4.78, 5) is 33.2. The average molecular weight is 401 g/mol. The van der Waals surface area contributed by atoms with Crippen LogP contribution in [0.3, 0.4) is 0 Å².